The number of carbonyl (C=O) groups is 1. The highest BCUT2D eigenvalue weighted by molar-refractivity contribution is 9.10. The van der Waals surface area contributed by atoms with Crippen LogP contribution in [0.2, 0.25) is 5.02 Å². The Morgan fingerprint density at radius 2 is 1.96 bits per heavy atom. The SMILES string of the molecule is CNc1c(F)cc2c(=O)c(C(=O)O)cn(-c3cc(N)c(F)cc3Br)c2c1Cl. The molecule has 0 aliphatic carbocycles. The number of nitrogens with two attached hydrogens (primary N) is 1. The van der Waals surface area contributed by atoms with Crippen LogP contribution in [0.25, 0.3) is 16.6 Å². The van der Waals surface area contributed by atoms with Gasteiger partial charge in [0, 0.05) is 17.7 Å². The van der Waals surface area contributed by atoms with Crippen molar-refractivity contribution in [2.45, 2.75) is 0 Å². The van der Waals surface area contributed by atoms with Crippen LogP contribution < -0.4 is 16.5 Å². The Morgan fingerprint density at radius 1 is 1.30 bits per heavy atom. The molecule has 140 valence electrons. The predicted molar refractivity (Wildman–Crippen MR) is 103 cm³/mol. The number of hydrogen-bond donors (Lipinski definition) is 3. The van der Waals surface area contributed by atoms with Gasteiger partial charge in [-0.15, -0.1) is 0 Å². The summed E-state index contributed by atoms with van der Waals surface area (Å²) in [7, 11) is 1.44. The first-order chi connectivity index (χ1) is 12.7. The molecule has 0 amide bonds. The molecule has 0 atom stereocenters. The Morgan fingerprint density at radius 3 is 2.56 bits per heavy atom. The third-order valence-electron chi connectivity index (χ3n) is 3.99. The summed E-state index contributed by atoms with van der Waals surface area (Å²) in [4.78, 5) is 24.0. The summed E-state index contributed by atoms with van der Waals surface area (Å²) >= 11 is 9.48. The van der Waals surface area contributed by atoms with E-state index >= 15 is 0 Å². The number of aromatic nitrogens is 1. The third-order valence-corrected chi connectivity index (χ3v) is 4.99. The number of carboxylic acid groups (broad SMARTS) is 1. The molecule has 0 bridgehead atoms. The molecular weight excluding hydrogens is 448 g/mol. The van der Waals surface area contributed by atoms with E-state index in [4.69, 9.17) is 17.3 Å². The molecule has 3 rings (SSSR count). The largest absolute Gasteiger partial charge is 0.477 e. The number of rotatable bonds is 3. The normalized spacial score (nSPS) is 11.0. The summed E-state index contributed by atoms with van der Waals surface area (Å²) in [6, 6.07) is 3.23. The van der Waals surface area contributed by atoms with E-state index in [9.17, 15) is 23.5 Å². The second-order valence-corrected chi connectivity index (χ2v) is 6.80. The number of carboxylic acids is 1. The van der Waals surface area contributed by atoms with Crippen molar-refractivity contribution in [1.29, 1.82) is 0 Å². The number of nitrogens with one attached hydrogen (secondary N) is 1. The molecule has 0 spiro atoms. The van der Waals surface area contributed by atoms with Crippen molar-refractivity contribution < 1.29 is 18.7 Å². The summed E-state index contributed by atoms with van der Waals surface area (Å²) in [5.74, 6) is -3.02. The van der Waals surface area contributed by atoms with Crippen LogP contribution in [0.15, 0.2) is 33.7 Å². The molecule has 10 heteroatoms. The van der Waals surface area contributed by atoms with Crippen LogP contribution >= 0.6 is 27.5 Å². The number of fused-ring (bicyclic) bond motifs is 1. The Bertz CT molecular complexity index is 1180. The molecule has 1 aromatic heterocycles. The van der Waals surface area contributed by atoms with E-state index in [1.165, 1.54) is 17.7 Å². The molecule has 6 nitrogen and oxygen atoms in total. The molecule has 0 aliphatic rings. The lowest BCUT2D eigenvalue weighted by Crippen LogP contribution is -2.19. The Balaban J connectivity index is 2.59. The van der Waals surface area contributed by atoms with Crippen LogP contribution in [0.5, 0.6) is 0 Å². The van der Waals surface area contributed by atoms with Gasteiger partial charge in [-0.3, -0.25) is 4.79 Å². The van der Waals surface area contributed by atoms with Crippen molar-refractivity contribution in [1.82, 2.24) is 4.57 Å². The molecule has 27 heavy (non-hydrogen) atoms. The minimum atomic E-state index is -1.50. The first-order valence-electron chi connectivity index (χ1n) is 7.40. The maximum atomic E-state index is 14.3. The summed E-state index contributed by atoms with van der Waals surface area (Å²) in [6.07, 6.45) is 1.04. The molecule has 4 N–H and O–H groups in total. The van der Waals surface area contributed by atoms with Gasteiger partial charge in [0.1, 0.15) is 17.2 Å². The predicted octanol–water partition coefficient (Wildman–Crippen LogP) is 4.01. The highest BCUT2D eigenvalue weighted by atomic mass is 79.9. The zero-order valence-corrected chi connectivity index (χ0v) is 16.0. The first kappa shape index (κ1) is 19.1. The lowest BCUT2D eigenvalue weighted by molar-refractivity contribution is 0.0695. The fraction of sp³-hybridized carbons (Fsp3) is 0.0588. The van der Waals surface area contributed by atoms with Gasteiger partial charge in [0.05, 0.1) is 33.0 Å². The second kappa shape index (κ2) is 6.82. The zero-order valence-electron chi connectivity index (χ0n) is 13.6. The lowest BCUT2D eigenvalue weighted by atomic mass is 10.1. The highest BCUT2D eigenvalue weighted by Crippen LogP contribution is 2.36. The quantitative estimate of drug-likeness (QED) is 0.515. The number of hydrogen-bond acceptors (Lipinski definition) is 4. The van der Waals surface area contributed by atoms with E-state index in [0.29, 0.717) is 0 Å². The molecule has 0 saturated carbocycles. The number of pyridine rings is 1. The van der Waals surface area contributed by atoms with Gasteiger partial charge >= 0.3 is 5.97 Å². The van der Waals surface area contributed by atoms with E-state index in [-0.39, 0.29) is 37.5 Å². The lowest BCUT2D eigenvalue weighted by Gasteiger charge is -2.18. The van der Waals surface area contributed by atoms with E-state index in [2.05, 4.69) is 21.2 Å². The van der Waals surface area contributed by atoms with Crippen molar-refractivity contribution in [3.63, 3.8) is 0 Å². The number of nitrogen functional groups attached to an aromatic ring is 1. The topological polar surface area (TPSA) is 97.4 Å². The molecule has 0 fully saturated rings. The highest BCUT2D eigenvalue weighted by Gasteiger charge is 2.22. The summed E-state index contributed by atoms with van der Waals surface area (Å²) < 4.78 is 29.5. The van der Waals surface area contributed by atoms with Crippen LogP contribution in [-0.2, 0) is 0 Å². The van der Waals surface area contributed by atoms with Crippen LogP contribution in [0.4, 0.5) is 20.2 Å². The number of anilines is 2. The molecule has 0 unspecified atom stereocenters. The van der Waals surface area contributed by atoms with Crippen LogP contribution in [0.3, 0.4) is 0 Å². The smallest absolute Gasteiger partial charge is 0.341 e. The van der Waals surface area contributed by atoms with Gasteiger partial charge in [-0.25, -0.2) is 13.6 Å². The molecular formula is C17H11BrClF2N3O3. The van der Waals surface area contributed by atoms with Crippen molar-refractivity contribution in [3.8, 4) is 5.69 Å². The van der Waals surface area contributed by atoms with Gasteiger partial charge in [-0.05, 0) is 34.1 Å². The van der Waals surface area contributed by atoms with E-state index in [1.54, 1.807) is 0 Å². The Hall–Kier alpha value is -2.65. The first-order valence-corrected chi connectivity index (χ1v) is 8.57. The average molecular weight is 459 g/mol. The zero-order chi connectivity index (χ0) is 20.0. The summed E-state index contributed by atoms with van der Waals surface area (Å²) in [5, 5.41) is 11.6. The second-order valence-electron chi connectivity index (χ2n) is 5.57. The van der Waals surface area contributed by atoms with Crippen LogP contribution in [0.1, 0.15) is 10.4 Å². The molecule has 0 aliphatic heterocycles. The molecule has 3 aromatic rings. The van der Waals surface area contributed by atoms with Crippen LogP contribution in [0, 0.1) is 11.6 Å². The molecule has 0 saturated heterocycles. The van der Waals surface area contributed by atoms with Gasteiger partial charge in [0.15, 0.2) is 0 Å². The number of aromatic carboxylic acids is 1. The van der Waals surface area contributed by atoms with Crippen molar-refractivity contribution in [2.75, 3.05) is 18.1 Å². The number of halogens is 4. The minimum Gasteiger partial charge on any atom is -0.477 e. The van der Waals surface area contributed by atoms with Gasteiger partial charge in [0.2, 0.25) is 5.43 Å². The Kier molecular flexibility index (Phi) is 4.83. The van der Waals surface area contributed by atoms with E-state index in [0.717, 1.165) is 18.3 Å². The van der Waals surface area contributed by atoms with Crippen molar-refractivity contribution in [2.24, 2.45) is 0 Å². The van der Waals surface area contributed by atoms with E-state index in [1.807, 2.05) is 0 Å². The van der Waals surface area contributed by atoms with Gasteiger partial charge in [-0.1, -0.05) is 11.6 Å². The standard InChI is InChI=1S/C17H11BrClF2N3O3/c1-23-14-10(21)2-6-15(13(14)19)24(5-7(16(6)25)17(26)27)12-4-11(22)9(20)3-8(12)18/h2-5,23H,22H2,1H3,(H,26,27). The molecule has 1 heterocycles. The number of nitrogens with zero attached hydrogens (tertiary/aromatic N) is 1. The van der Waals surface area contributed by atoms with Gasteiger partial charge < -0.3 is 20.7 Å². The molecule has 0 radical (unpaired) electrons. The van der Waals surface area contributed by atoms with Crippen molar-refractivity contribution >= 4 is 55.8 Å². The molecule has 2 aromatic carbocycles. The fourth-order valence-electron chi connectivity index (χ4n) is 2.72. The minimum absolute atomic E-state index is 0.0455. The van der Waals surface area contributed by atoms with Gasteiger partial charge in [0.25, 0.3) is 0 Å². The van der Waals surface area contributed by atoms with Crippen LogP contribution in [-0.4, -0.2) is 22.7 Å². The maximum absolute atomic E-state index is 14.3. The monoisotopic (exact) mass is 457 g/mol. The summed E-state index contributed by atoms with van der Waals surface area (Å²) in [5.41, 5.74) is 4.10. The van der Waals surface area contributed by atoms with Crippen molar-refractivity contribution in [3.05, 3.63) is 61.3 Å². The maximum Gasteiger partial charge on any atom is 0.341 e. The van der Waals surface area contributed by atoms with Gasteiger partial charge in [-0.2, -0.15) is 0 Å². The Labute approximate surface area is 164 Å². The van der Waals surface area contributed by atoms with E-state index < -0.39 is 28.6 Å². The fourth-order valence-corrected chi connectivity index (χ4v) is 3.61. The third kappa shape index (κ3) is 3.02. The number of benzene rings is 2. The summed E-state index contributed by atoms with van der Waals surface area (Å²) in [6.45, 7) is 0. The average Bonchev–Trinajstić information content (AvgIpc) is 2.59.